The van der Waals surface area contributed by atoms with E-state index in [9.17, 15) is 0 Å². The van der Waals surface area contributed by atoms with E-state index in [4.69, 9.17) is 0 Å². The monoisotopic (exact) mass is 200 g/mol. The topological polar surface area (TPSA) is 24.1 Å². The molecule has 1 aromatic carbocycles. The highest BCUT2D eigenvalue weighted by atomic mass is 15.1. The molecular formula is C13H16N2. The number of dihydropyridines is 1. The molecule has 1 aliphatic rings. The van der Waals surface area contributed by atoms with E-state index < -0.39 is 0 Å². The summed E-state index contributed by atoms with van der Waals surface area (Å²) in [5.41, 5.74) is 2.61. The lowest BCUT2D eigenvalue weighted by molar-refractivity contribution is 0.705. The predicted octanol–water partition coefficient (Wildman–Crippen LogP) is 2.17. The van der Waals surface area contributed by atoms with Crippen LogP contribution in [-0.4, -0.2) is 6.54 Å². The van der Waals surface area contributed by atoms with Crippen molar-refractivity contribution in [2.75, 3.05) is 6.54 Å². The molecule has 0 aromatic heterocycles. The van der Waals surface area contributed by atoms with E-state index >= 15 is 0 Å². The average Bonchev–Trinajstić information content (AvgIpc) is 2.28. The largest absolute Gasteiger partial charge is 0.368 e. The molecule has 0 saturated heterocycles. The maximum Gasteiger partial charge on any atom is 0.0994 e. The zero-order chi connectivity index (χ0) is 10.5. The third-order valence-corrected chi connectivity index (χ3v) is 2.41. The number of rotatable bonds is 3. The molecule has 0 bridgehead atoms. The molecular weight excluding hydrogens is 184 g/mol. The Balaban J connectivity index is 1.91. The normalized spacial score (nSPS) is 15.0. The highest BCUT2D eigenvalue weighted by molar-refractivity contribution is 5.25. The molecule has 0 amide bonds. The lowest BCUT2D eigenvalue weighted by Gasteiger charge is -2.16. The highest BCUT2D eigenvalue weighted by Crippen LogP contribution is 2.04. The molecule has 78 valence electrons. The van der Waals surface area contributed by atoms with Gasteiger partial charge in [-0.05, 0) is 24.1 Å². The Bertz CT molecular complexity index is 377. The molecule has 0 spiro atoms. The van der Waals surface area contributed by atoms with Gasteiger partial charge in [0, 0.05) is 13.1 Å². The van der Waals surface area contributed by atoms with Crippen molar-refractivity contribution < 1.29 is 0 Å². The number of benzene rings is 1. The minimum Gasteiger partial charge on any atom is -0.368 e. The molecule has 1 aliphatic heterocycles. The second kappa shape index (κ2) is 4.69. The zero-order valence-corrected chi connectivity index (χ0v) is 8.96. The van der Waals surface area contributed by atoms with Crippen molar-refractivity contribution in [3.05, 3.63) is 59.4 Å². The van der Waals surface area contributed by atoms with Crippen molar-refractivity contribution >= 4 is 0 Å². The third kappa shape index (κ3) is 2.88. The Morgan fingerprint density at radius 1 is 1.27 bits per heavy atom. The summed E-state index contributed by atoms with van der Waals surface area (Å²) in [5.74, 6) is 1.11. The standard InChI is InChI=1S/C13H16N2/c1-11-7-8-14-13(9-11)15-10-12-5-3-2-4-6-12/h2-7,9,14-15H,8,10H2,1H3. The van der Waals surface area contributed by atoms with Crippen LogP contribution in [0.4, 0.5) is 0 Å². The first-order valence-electron chi connectivity index (χ1n) is 5.25. The van der Waals surface area contributed by atoms with Crippen LogP contribution in [0.5, 0.6) is 0 Å². The van der Waals surface area contributed by atoms with Crippen LogP contribution in [-0.2, 0) is 6.54 Å². The van der Waals surface area contributed by atoms with Gasteiger partial charge in [0.1, 0.15) is 0 Å². The number of nitrogens with one attached hydrogen (secondary N) is 2. The van der Waals surface area contributed by atoms with Gasteiger partial charge < -0.3 is 10.6 Å². The number of allylic oxidation sites excluding steroid dienone is 2. The second-order valence-electron chi connectivity index (χ2n) is 3.73. The van der Waals surface area contributed by atoms with E-state index in [2.05, 4.69) is 54.0 Å². The molecule has 0 saturated carbocycles. The molecule has 0 atom stereocenters. The van der Waals surface area contributed by atoms with Gasteiger partial charge in [0.15, 0.2) is 0 Å². The van der Waals surface area contributed by atoms with Gasteiger partial charge in [-0.15, -0.1) is 0 Å². The summed E-state index contributed by atoms with van der Waals surface area (Å²) in [6, 6.07) is 10.4. The quantitative estimate of drug-likeness (QED) is 0.781. The van der Waals surface area contributed by atoms with Crippen LogP contribution in [0.15, 0.2) is 53.9 Å². The molecule has 2 heteroatoms. The van der Waals surface area contributed by atoms with Crippen LogP contribution >= 0.6 is 0 Å². The fourth-order valence-corrected chi connectivity index (χ4v) is 1.57. The minimum atomic E-state index is 0.868. The van der Waals surface area contributed by atoms with Crippen molar-refractivity contribution in [1.82, 2.24) is 10.6 Å². The third-order valence-electron chi connectivity index (χ3n) is 2.41. The molecule has 15 heavy (non-hydrogen) atoms. The van der Waals surface area contributed by atoms with Crippen LogP contribution < -0.4 is 10.6 Å². The minimum absolute atomic E-state index is 0.868. The van der Waals surface area contributed by atoms with E-state index in [1.807, 2.05) is 6.07 Å². The molecule has 2 nitrogen and oxygen atoms in total. The van der Waals surface area contributed by atoms with E-state index in [1.165, 1.54) is 11.1 Å². The summed E-state index contributed by atoms with van der Waals surface area (Å²) >= 11 is 0. The Morgan fingerprint density at radius 2 is 2.07 bits per heavy atom. The SMILES string of the molecule is CC1=CCNC(NCc2ccccc2)=C1. The number of hydrogen-bond donors (Lipinski definition) is 2. The van der Waals surface area contributed by atoms with Gasteiger partial charge in [0.25, 0.3) is 0 Å². The van der Waals surface area contributed by atoms with Gasteiger partial charge in [-0.25, -0.2) is 0 Å². The van der Waals surface area contributed by atoms with E-state index in [-0.39, 0.29) is 0 Å². The fourth-order valence-electron chi connectivity index (χ4n) is 1.57. The summed E-state index contributed by atoms with van der Waals surface area (Å²) in [4.78, 5) is 0. The van der Waals surface area contributed by atoms with Crippen LogP contribution in [0, 0.1) is 0 Å². The lowest BCUT2D eigenvalue weighted by Crippen LogP contribution is -2.28. The summed E-state index contributed by atoms with van der Waals surface area (Å²) in [7, 11) is 0. The lowest BCUT2D eigenvalue weighted by atomic mass is 10.2. The first-order valence-corrected chi connectivity index (χ1v) is 5.25. The van der Waals surface area contributed by atoms with E-state index in [0.717, 1.165) is 18.9 Å². The summed E-state index contributed by atoms with van der Waals surface area (Å²) in [6.07, 6.45) is 4.31. The summed E-state index contributed by atoms with van der Waals surface area (Å²) in [6.45, 7) is 3.90. The van der Waals surface area contributed by atoms with Gasteiger partial charge in [0.05, 0.1) is 5.82 Å². The van der Waals surface area contributed by atoms with Crippen molar-refractivity contribution in [2.24, 2.45) is 0 Å². The summed E-state index contributed by atoms with van der Waals surface area (Å²) < 4.78 is 0. The molecule has 0 fully saturated rings. The average molecular weight is 200 g/mol. The Kier molecular flexibility index (Phi) is 3.08. The zero-order valence-electron chi connectivity index (χ0n) is 8.96. The fraction of sp³-hybridized carbons (Fsp3) is 0.231. The van der Waals surface area contributed by atoms with Gasteiger partial charge >= 0.3 is 0 Å². The first kappa shape index (κ1) is 9.84. The molecule has 1 aromatic rings. The molecule has 2 N–H and O–H groups in total. The first-order chi connectivity index (χ1) is 7.34. The van der Waals surface area contributed by atoms with Crippen molar-refractivity contribution in [3.63, 3.8) is 0 Å². The molecule has 2 rings (SSSR count). The van der Waals surface area contributed by atoms with Gasteiger partial charge in [0.2, 0.25) is 0 Å². The highest BCUT2D eigenvalue weighted by Gasteiger charge is 2.00. The second-order valence-corrected chi connectivity index (χ2v) is 3.73. The molecule has 1 heterocycles. The van der Waals surface area contributed by atoms with E-state index in [1.54, 1.807) is 0 Å². The Labute approximate surface area is 90.7 Å². The van der Waals surface area contributed by atoms with Crippen LogP contribution in [0.25, 0.3) is 0 Å². The predicted molar refractivity (Wildman–Crippen MR) is 63.1 cm³/mol. The van der Waals surface area contributed by atoms with Gasteiger partial charge in [-0.3, -0.25) is 0 Å². The molecule has 0 aliphatic carbocycles. The maximum absolute atomic E-state index is 3.38. The van der Waals surface area contributed by atoms with Crippen LogP contribution in [0.3, 0.4) is 0 Å². The van der Waals surface area contributed by atoms with Crippen LogP contribution in [0.2, 0.25) is 0 Å². The van der Waals surface area contributed by atoms with Crippen molar-refractivity contribution in [2.45, 2.75) is 13.5 Å². The smallest absolute Gasteiger partial charge is 0.0994 e. The van der Waals surface area contributed by atoms with Gasteiger partial charge in [-0.2, -0.15) is 0 Å². The Hall–Kier alpha value is -1.70. The summed E-state index contributed by atoms with van der Waals surface area (Å²) in [5, 5.41) is 6.67. The molecule has 0 radical (unpaired) electrons. The van der Waals surface area contributed by atoms with Crippen molar-refractivity contribution in [1.29, 1.82) is 0 Å². The Morgan fingerprint density at radius 3 is 2.80 bits per heavy atom. The van der Waals surface area contributed by atoms with E-state index in [0.29, 0.717) is 0 Å². The van der Waals surface area contributed by atoms with Crippen molar-refractivity contribution in [3.8, 4) is 0 Å². The molecule has 0 unspecified atom stereocenters. The number of hydrogen-bond acceptors (Lipinski definition) is 2. The maximum atomic E-state index is 3.38. The van der Waals surface area contributed by atoms with Crippen LogP contribution in [0.1, 0.15) is 12.5 Å². The van der Waals surface area contributed by atoms with Gasteiger partial charge in [-0.1, -0.05) is 36.4 Å².